The van der Waals surface area contributed by atoms with Gasteiger partial charge in [0, 0.05) is 6.42 Å². The van der Waals surface area contributed by atoms with E-state index in [4.69, 9.17) is 5.11 Å². The van der Waals surface area contributed by atoms with Crippen LogP contribution in [-0.4, -0.2) is 18.3 Å². The predicted octanol–water partition coefficient (Wildman–Crippen LogP) is -0.197. The minimum Gasteiger partial charge on any atom is -0.395 e. The average molecular weight is 99.1 g/mol. The van der Waals surface area contributed by atoms with E-state index in [0.717, 1.165) is 0 Å². The molecule has 0 aliphatic rings. The van der Waals surface area contributed by atoms with Gasteiger partial charge in [0.25, 0.3) is 0 Å². The first kappa shape index (κ1) is 6.48. The second-order valence-electron chi connectivity index (χ2n) is 0.971. The molecule has 0 rings (SSSR count). The number of hydrogen-bond donors (Lipinski definition) is 1. The molecule has 0 aliphatic heterocycles. The van der Waals surface area contributed by atoms with Crippen LogP contribution in [0.2, 0.25) is 0 Å². The van der Waals surface area contributed by atoms with Crippen LogP contribution in [0.3, 0.4) is 0 Å². The van der Waals surface area contributed by atoms with E-state index in [1.54, 1.807) is 0 Å². The summed E-state index contributed by atoms with van der Waals surface area (Å²) >= 11 is 0. The fourth-order valence-corrected chi connectivity index (χ4v) is 0.195. The van der Waals surface area contributed by atoms with Crippen molar-refractivity contribution >= 4 is 0 Å². The molecule has 0 aromatic rings. The Labute approximate surface area is 42.8 Å². The van der Waals surface area contributed by atoms with Crippen LogP contribution in [0.1, 0.15) is 6.42 Å². The Morgan fingerprint density at radius 3 is 2.57 bits per heavy atom. The molecule has 0 amide bonds. The minimum absolute atomic E-state index is 0.0486. The van der Waals surface area contributed by atoms with Crippen molar-refractivity contribution < 1.29 is 10.2 Å². The van der Waals surface area contributed by atoms with Crippen LogP contribution in [0.25, 0.3) is 0 Å². The van der Waals surface area contributed by atoms with Gasteiger partial charge in [-0.3, -0.25) is 0 Å². The monoisotopic (exact) mass is 99.0 g/mol. The van der Waals surface area contributed by atoms with Gasteiger partial charge in [0.05, 0.1) is 6.61 Å². The SMILES string of the molecule is [O]CC#CCCO. The Morgan fingerprint density at radius 2 is 2.14 bits per heavy atom. The van der Waals surface area contributed by atoms with E-state index in [0.29, 0.717) is 6.42 Å². The van der Waals surface area contributed by atoms with Gasteiger partial charge in [-0.2, -0.15) is 0 Å². The molecule has 0 aliphatic carbocycles. The third kappa shape index (κ3) is 5.48. The van der Waals surface area contributed by atoms with Gasteiger partial charge in [-0.25, -0.2) is 5.11 Å². The van der Waals surface area contributed by atoms with Crippen molar-refractivity contribution in [2.24, 2.45) is 0 Å². The fourth-order valence-electron chi connectivity index (χ4n) is 0.195. The Morgan fingerprint density at radius 1 is 1.43 bits per heavy atom. The molecule has 0 unspecified atom stereocenters. The molecule has 39 valence electrons. The molecule has 0 bridgehead atoms. The summed E-state index contributed by atoms with van der Waals surface area (Å²) in [5.74, 6) is 4.76. The molecular formula is C5H7O2. The molecule has 0 atom stereocenters. The molecule has 1 N–H and O–H groups in total. The summed E-state index contributed by atoms with van der Waals surface area (Å²) in [7, 11) is 0. The summed E-state index contributed by atoms with van der Waals surface area (Å²) < 4.78 is 0. The lowest BCUT2D eigenvalue weighted by molar-refractivity contribution is 0.239. The Hall–Kier alpha value is -0.520. The van der Waals surface area contributed by atoms with Crippen molar-refractivity contribution in [1.29, 1.82) is 0 Å². The van der Waals surface area contributed by atoms with Gasteiger partial charge < -0.3 is 5.11 Å². The lowest BCUT2D eigenvalue weighted by atomic mass is 10.4. The van der Waals surface area contributed by atoms with Crippen LogP contribution in [0.5, 0.6) is 0 Å². The van der Waals surface area contributed by atoms with Gasteiger partial charge in [-0.1, -0.05) is 11.8 Å². The predicted molar refractivity (Wildman–Crippen MR) is 25.0 cm³/mol. The van der Waals surface area contributed by atoms with Crippen LogP contribution < -0.4 is 0 Å². The molecule has 7 heavy (non-hydrogen) atoms. The molecule has 2 nitrogen and oxygen atoms in total. The summed E-state index contributed by atoms with van der Waals surface area (Å²) in [6.45, 7) is -0.312. The normalized spacial score (nSPS) is 7.14. The van der Waals surface area contributed by atoms with Crippen LogP contribution >= 0.6 is 0 Å². The molecular weight excluding hydrogens is 92.1 g/mol. The van der Waals surface area contributed by atoms with Crippen molar-refractivity contribution in [3.8, 4) is 11.8 Å². The highest BCUT2D eigenvalue weighted by molar-refractivity contribution is 4.97. The first-order valence-electron chi connectivity index (χ1n) is 2.06. The molecule has 0 heterocycles. The summed E-state index contributed by atoms with van der Waals surface area (Å²) in [6, 6.07) is 0. The maximum Gasteiger partial charge on any atom is 0.143 e. The molecule has 0 fully saturated rings. The first-order chi connectivity index (χ1) is 3.41. The number of aliphatic hydroxyl groups excluding tert-OH is 1. The van der Waals surface area contributed by atoms with Gasteiger partial charge in [0.15, 0.2) is 0 Å². The molecule has 0 spiro atoms. The Bertz CT molecular complexity index is 77.8. The average Bonchev–Trinajstić information content (AvgIpc) is 1.69. The van der Waals surface area contributed by atoms with E-state index in [2.05, 4.69) is 11.8 Å². The van der Waals surface area contributed by atoms with E-state index in [1.807, 2.05) is 0 Å². The molecule has 0 aromatic carbocycles. The van der Waals surface area contributed by atoms with Crippen molar-refractivity contribution in [3.63, 3.8) is 0 Å². The minimum atomic E-state index is -0.361. The second-order valence-corrected chi connectivity index (χ2v) is 0.971. The highest BCUT2D eigenvalue weighted by atomic mass is 16.3. The van der Waals surface area contributed by atoms with E-state index in [1.165, 1.54) is 0 Å². The van der Waals surface area contributed by atoms with Gasteiger partial charge >= 0.3 is 0 Å². The summed E-state index contributed by atoms with van der Waals surface area (Å²) in [6.07, 6.45) is 0.419. The summed E-state index contributed by atoms with van der Waals surface area (Å²) in [4.78, 5) is 0. The van der Waals surface area contributed by atoms with E-state index in [9.17, 15) is 5.11 Å². The summed E-state index contributed by atoms with van der Waals surface area (Å²) in [5.41, 5.74) is 0. The molecule has 0 saturated heterocycles. The molecule has 0 aromatic heterocycles. The van der Waals surface area contributed by atoms with Crippen molar-refractivity contribution in [1.82, 2.24) is 0 Å². The molecule has 1 radical (unpaired) electrons. The fraction of sp³-hybridized carbons (Fsp3) is 0.600. The summed E-state index contributed by atoms with van der Waals surface area (Å²) in [5, 5.41) is 17.6. The smallest absolute Gasteiger partial charge is 0.143 e. The number of rotatable bonds is 1. The van der Waals surface area contributed by atoms with E-state index >= 15 is 0 Å². The van der Waals surface area contributed by atoms with Crippen molar-refractivity contribution in [2.75, 3.05) is 13.2 Å². The van der Waals surface area contributed by atoms with Gasteiger partial charge in [0.1, 0.15) is 6.61 Å². The maximum absolute atomic E-state index is 9.55. The quantitative estimate of drug-likeness (QED) is 0.454. The van der Waals surface area contributed by atoms with Crippen LogP contribution in [-0.2, 0) is 5.11 Å². The third-order valence-corrected chi connectivity index (χ3v) is 0.434. The topological polar surface area (TPSA) is 40.1 Å². The zero-order valence-corrected chi connectivity index (χ0v) is 3.98. The molecule has 0 saturated carbocycles. The highest BCUT2D eigenvalue weighted by Crippen LogP contribution is 1.66. The van der Waals surface area contributed by atoms with E-state index < -0.39 is 0 Å². The third-order valence-electron chi connectivity index (χ3n) is 0.434. The lowest BCUT2D eigenvalue weighted by Crippen LogP contribution is -1.76. The zero-order valence-electron chi connectivity index (χ0n) is 3.98. The Kier molecular flexibility index (Phi) is 5.07. The van der Waals surface area contributed by atoms with Crippen LogP contribution in [0.4, 0.5) is 0 Å². The van der Waals surface area contributed by atoms with Crippen LogP contribution in [0, 0.1) is 11.8 Å². The van der Waals surface area contributed by atoms with Gasteiger partial charge in [-0.05, 0) is 0 Å². The lowest BCUT2D eigenvalue weighted by Gasteiger charge is -1.73. The van der Waals surface area contributed by atoms with Crippen molar-refractivity contribution in [2.45, 2.75) is 6.42 Å². The van der Waals surface area contributed by atoms with Crippen molar-refractivity contribution in [3.05, 3.63) is 0 Å². The number of hydrogen-bond acceptors (Lipinski definition) is 1. The second kappa shape index (κ2) is 5.48. The Balaban J connectivity index is 2.91. The van der Waals surface area contributed by atoms with Crippen LogP contribution in [0.15, 0.2) is 0 Å². The molecule has 2 heteroatoms. The highest BCUT2D eigenvalue weighted by Gasteiger charge is 1.67. The van der Waals surface area contributed by atoms with E-state index in [-0.39, 0.29) is 13.2 Å². The standard InChI is InChI=1S/C5H7O2/c6-4-2-1-3-5-7/h6H,2,4-5H2. The van der Waals surface area contributed by atoms with Gasteiger partial charge in [0.2, 0.25) is 0 Å². The number of aliphatic hydroxyl groups is 1. The largest absolute Gasteiger partial charge is 0.395 e. The first-order valence-corrected chi connectivity index (χ1v) is 2.06. The maximum atomic E-state index is 9.55. The zero-order chi connectivity index (χ0) is 5.54. The van der Waals surface area contributed by atoms with Gasteiger partial charge in [-0.15, -0.1) is 0 Å².